The molecule has 2 aliphatic rings. The van der Waals surface area contributed by atoms with Crippen LogP contribution in [0.2, 0.25) is 0 Å². The summed E-state index contributed by atoms with van der Waals surface area (Å²) in [5.41, 5.74) is 0.0300. The van der Waals surface area contributed by atoms with Crippen molar-refractivity contribution in [2.75, 3.05) is 0 Å². The zero-order valence-corrected chi connectivity index (χ0v) is 12.8. The molecule has 1 aliphatic carbocycles. The number of hydrogen-bond donors (Lipinski definition) is 0. The Bertz CT molecular complexity index is 611. The Morgan fingerprint density at radius 2 is 1.73 bits per heavy atom. The van der Waals surface area contributed by atoms with Gasteiger partial charge in [-0.15, -0.1) is 0 Å². The van der Waals surface area contributed by atoms with E-state index >= 15 is 0 Å². The highest BCUT2D eigenvalue weighted by Gasteiger charge is 2.49. The number of fused-ring (bicyclic) bond motifs is 1. The van der Waals surface area contributed by atoms with E-state index in [0.29, 0.717) is 11.0 Å². The number of nitrogens with zero attached hydrogens (tertiary/aromatic N) is 1. The number of imide groups is 1. The van der Waals surface area contributed by atoms with Crippen LogP contribution in [0.4, 0.5) is 0 Å². The van der Waals surface area contributed by atoms with Crippen molar-refractivity contribution in [2.24, 2.45) is 11.3 Å². The van der Waals surface area contributed by atoms with Crippen LogP contribution in [0.3, 0.4) is 0 Å². The summed E-state index contributed by atoms with van der Waals surface area (Å²) in [6, 6.07) is 6.50. The molecule has 0 N–H and O–H groups in total. The third-order valence-corrected chi connectivity index (χ3v) is 4.47. The summed E-state index contributed by atoms with van der Waals surface area (Å²) >= 11 is 0. The quantitative estimate of drug-likeness (QED) is 0.802. The molecule has 0 aromatic heterocycles. The van der Waals surface area contributed by atoms with Crippen LogP contribution in [0.25, 0.3) is 0 Å². The Kier molecular flexibility index (Phi) is 3.51. The lowest BCUT2D eigenvalue weighted by molar-refractivity contribution is -0.188. The van der Waals surface area contributed by atoms with Gasteiger partial charge in [-0.05, 0) is 37.3 Å². The number of hydrogen-bond acceptors (Lipinski definition) is 4. The Balaban J connectivity index is 1.78. The first-order valence-electron chi connectivity index (χ1n) is 7.65. The van der Waals surface area contributed by atoms with Gasteiger partial charge < -0.3 is 4.84 Å². The van der Waals surface area contributed by atoms with Gasteiger partial charge in [-0.25, -0.2) is 4.79 Å². The minimum atomic E-state index is -0.562. The lowest BCUT2D eigenvalue weighted by Crippen LogP contribution is -2.45. The SMILES string of the molecule is CC(C)CC1(C(=O)ON2C(=O)c3ccccc3C2=O)CCC1. The van der Waals surface area contributed by atoms with Gasteiger partial charge in [-0.3, -0.25) is 9.59 Å². The molecule has 3 rings (SSSR count). The van der Waals surface area contributed by atoms with Gasteiger partial charge in [0, 0.05) is 0 Å². The van der Waals surface area contributed by atoms with Gasteiger partial charge in [-0.2, -0.15) is 0 Å². The Labute approximate surface area is 129 Å². The van der Waals surface area contributed by atoms with Crippen LogP contribution in [-0.2, 0) is 9.63 Å². The summed E-state index contributed by atoms with van der Waals surface area (Å²) < 4.78 is 0. The summed E-state index contributed by atoms with van der Waals surface area (Å²) in [5.74, 6) is -1.22. The van der Waals surface area contributed by atoms with Crippen molar-refractivity contribution in [3.63, 3.8) is 0 Å². The van der Waals surface area contributed by atoms with Gasteiger partial charge in [0.15, 0.2) is 0 Å². The Morgan fingerprint density at radius 3 is 2.14 bits per heavy atom. The van der Waals surface area contributed by atoms with Crippen molar-refractivity contribution in [2.45, 2.75) is 39.5 Å². The number of rotatable bonds is 4. The molecule has 5 heteroatoms. The zero-order valence-electron chi connectivity index (χ0n) is 12.8. The maximum Gasteiger partial charge on any atom is 0.339 e. The number of carbonyl (C=O) groups excluding carboxylic acids is 3. The van der Waals surface area contributed by atoms with Gasteiger partial charge in [0.2, 0.25) is 0 Å². The fourth-order valence-electron chi connectivity index (χ4n) is 3.31. The van der Waals surface area contributed by atoms with Crippen molar-refractivity contribution < 1.29 is 19.2 Å². The molecule has 1 aromatic carbocycles. The first kappa shape index (κ1) is 14.8. The molecule has 5 nitrogen and oxygen atoms in total. The largest absolute Gasteiger partial charge is 0.339 e. The van der Waals surface area contributed by atoms with Crippen LogP contribution in [0.1, 0.15) is 60.2 Å². The second kappa shape index (κ2) is 5.23. The van der Waals surface area contributed by atoms with Gasteiger partial charge in [0.1, 0.15) is 0 Å². The maximum atomic E-state index is 12.5. The molecule has 0 bridgehead atoms. The maximum absolute atomic E-state index is 12.5. The van der Waals surface area contributed by atoms with E-state index in [0.717, 1.165) is 25.7 Å². The van der Waals surface area contributed by atoms with Crippen LogP contribution >= 0.6 is 0 Å². The third-order valence-electron chi connectivity index (χ3n) is 4.47. The molecule has 22 heavy (non-hydrogen) atoms. The minimum absolute atomic E-state index is 0.284. The first-order valence-corrected chi connectivity index (χ1v) is 7.65. The molecule has 0 saturated heterocycles. The lowest BCUT2D eigenvalue weighted by atomic mass is 9.64. The predicted molar refractivity (Wildman–Crippen MR) is 78.8 cm³/mol. The van der Waals surface area contributed by atoms with Crippen molar-refractivity contribution in [1.29, 1.82) is 0 Å². The summed E-state index contributed by atoms with van der Waals surface area (Å²) in [4.78, 5) is 42.2. The fraction of sp³-hybridized carbons (Fsp3) is 0.471. The molecule has 116 valence electrons. The first-order chi connectivity index (χ1) is 10.4. The Hall–Kier alpha value is -2.17. The highest BCUT2D eigenvalue weighted by atomic mass is 16.7. The molecule has 1 saturated carbocycles. The normalized spacial score (nSPS) is 19.1. The third kappa shape index (κ3) is 2.21. The van der Waals surface area contributed by atoms with Gasteiger partial charge in [0.05, 0.1) is 16.5 Å². The number of benzene rings is 1. The molecule has 2 amide bonds. The molecule has 1 heterocycles. The molecule has 0 atom stereocenters. The Morgan fingerprint density at radius 1 is 1.18 bits per heavy atom. The van der Waals surface area contributed by atoms with Gasteiger partial charge in [-0.1, -0.05) is 37.5 Å². The average Bonchev–Trinajstić information content (AvgIpc) is 2.68. The highest BCUT2D eigenvalue weighted by Crippen LogP contribution is 2.47. The number of hydroxylamine groups is 2. The van der Waals surface area contributed by atoms with Crippen LogP contribution in [-0.4, -0.2) is 22.8 Å². The molecule has 1 aliphatic heterocycles. The van der Waals surface area contributed by atoms with E-state index in [-0.39, 0.29) is 11.1 Å². The predicted octanol–water partition coefficient (Wildman–Crippen LogP) is 2.96. The molecule has 0 radical (unpaired) electrons. The molecule has 1 aromatic rings. The molecule has 0 unspecified atom stereocenters. The van der Waals surface area contributed by atoms with E-state index in [4.69, 9.17) is 4.84 Å². The molecular formula is C17H19NO4. The van der Waals surface area contributed by atoms with E-state index in [1.54, 1.807) is 24.3 Å². The molecular weight excluding hydrogens is 282 g/mol. The smallest absolute Gasteiger partial charge is 0.329 e. The molecule has 1 fully saturated rings. The van der Waals surface area contributed by atoms with Gasteiger partial charge in [0.25, 0.3) is 11.8 Å². The second-order valence-electron chi connectivity index (χ2n) is 6.56. The number of carbonyl (C=O) groups is 3. The van der Waals surface area contributed by atoms with Crippen LogP contribution in [0.15, 0.2) is 24.3 Å². The van der Waals surface area contributed by atoms with Crippen LogP contribution in [0.5, 0.6) is 0 Å². The lowest BCUT2D eigenvalue weighted by Gasteiger charge is -2.40. The highest BCUT2D eigenvalue weighted by molar-refractivity contribution is 6.20. The zero-order chi connectivity index (χ0) is 15.9. The van der Waals surface area contributed by atoms with E-state index < -0.39 is 23.2 Å². The summed E-state index contributed by atoms with van der Waals surface area (Å²) in [5, 5.41) is 0.618. The van der Waals surface area contributed by atoms with Crippen molar-refractivity contribution >= 4 is 17.8 Å². The monoisotopic (exact) mass is 301 g/mol. The summed E-state index contributed by atoms with van der Waals surface area (Å²) in [6.45, 7) is 4.10. The summed E-state index contributed by atoms with van der Waals surface area (Å²) in [7, 11) is 0. The van der Waals surface area contributed by atoms with E-state index in [1.807, 2.05) is 0 Å². The average molecular weight is 301 g/mol. The minimum Gasteiger partial charge on any atom is -0.329 e. The van der Waals surface area contributed by atoms with Gasteiger partial charge >= 0.3 is 5.97 Å². The van der Waals surface area contributed by atoms with Crippen LogP contribution in [0, 0.1) is 11.3 Å². The fourth-order valence-corrected chi connectivity index (χ4v) is 3.31. The van der Waals surface area contributed by atoms with Crippen molar-refractivity contribution in [1.82, 2.24) is 5.06 Å². The van der Waals surface area contributed by atoms with Crippen molar-refractivity contribution in [3.8, 4) is 0 Å². The van der Waals surface area contributed by atoms with Crippen molar-refractivity contribution in [3.05, 3.63) is 35.4 Å². The van der Waals surface area contributed by atoms with E-state index in [1.165, 1.54) is 0 Å². The van der Waals surface area contributed by atoms with Crippen LogP contribution < -0.4 is 0 Å². The summed E-state index contributed by atoms with van der Waals surface area (Å²) in [6.07, 6.45) is 3.21. The van der Waals surface area contributed by atoms with E-state index in [2.05, 4.69) is 13.8 Å². The standard InChI is InChI=1S/C17H19NO4/c1-11(2)10-17(8-5-9-17)16(21)22-18-14(19)12-6-3-4-7-13(12)15(18)20/h3-4,6-7,11H,5,8-10H2,1-2H3. The topological polar surface area (TPSA) is 63.7 Å². The number of amides is 2. The second-order valence-corrected chi connectivity index (χ2v) is 6.56. The van der Waals surface area contributed by atoms with E-state index in [9.17, 15) is 14.4 Å². The molecule has 0 spiro atoms.